The Kier molecular flexibility index (Phi) is 4.00. The zero-order valence-electron chi connectivity index (χ0n) is 11.7. The molecule has 3 rings (SSSR count). The number of para-hydroxylation sites is 1. The van der Waals surface area contributed by atoms with E-state index in [4.69, 9.17) is 0 Å². The highest BCUT2D eigenvalue weighted by molar-refractivity contribution is 5.89. The molecule has 1 atom stereocenters. The van der Waals surface area contributed by atoms with Crippen LogP contribution in [0.5, 0.6) is 0 Å². The van der Waals surface area contributed by atoms with Gasteiger partial charge >= 0.3 is 6.03 Å². The van der Waals surface area contributed by atoms with Crippen molar-refractivity contribution >= 4 is 17.5 Å². The number of urea groups is 1. The number of hydrogen-bond donors (Lipinski definition) is 2. The van der Waals surface area contributed by atoms with Gasteiger partial charge in [-0.3, -0.25) is 0 Å². The molecule has 0 radical (unpaired) electrons. The van der Waals surface area contributed by atoms with Gasteiger partial charge < -0.3 is 15.5 Å². The van der Waals surface area contributed by atoms with E-state index < -0.39 is 0 Å². The molecular weight excluding hydrogens is 264 g/mol. The quantitative estimate of drug-likeness (QED) is 0.909. The molecule has 5 heteroatoms. The van der Waals surface area contributed by atoms with Gasteiger partial charge in [-0.15, -0.1) is 0 Å². The summed E-state index contributed by atoms with van der Waals surface area (Å²) in [6.45, 7) is 1.70. The zero-order valence-corrected chi connectivity index (χ0v) is 11.7. The third kappa shape index (κ3) is 3.51. The van der Waals surface area contributed by atoms with Crippen LogP contribution in [0.2, 0.25) is 0 Å². The van der Waals surface area contributed by atoms with Gasteiger partial charge in [-0.25, -0.2) is 9.78 Å². The molecule has 1 fully saturated rings. The molecule has 1 saturated heterocycles. The molecule has 108 valence electrons. The highest BCUT2D eigenvalue weighted by Gasteiger charge is 2.24. The van der Waals surface area contributed by atoms with Crippen LogP contribution in [0, 0.1) is 0 Å². The van der Waals surface area contributed by atoms with Crippen LogP contribution in [-0.2, 0) is 0 Å². The number of nitrogens with one attached hydrogen (secondary N) is 2. The normalized spacial score (nSPS) is 17.5. The Labute approximate surface area is 124 Å². The van der Waals surface area contributed by atoms with E-state index in [9.17, 15) is 4.79 Å². The van der Waals surface area contributed by atoms with Crippen LogP contribution in [0.1, 0.15) is 6.42 Å². The van der Waals surface area contributed by atoms with Gasteiger partial charge in [0.1, 0.15) is 5.82 Å². The second kappa shape index (κ2) is 6.26. The number of benzene rings is 1. The Morgan fingerprint density at radius 1 is 1.14 bits per heavy atom. The topological polar surface area (TPSA) is 57.3 Å². The fourth-order valence-corrected chi connectivity index (χ4v) is 2.50. The predicted molar refractivity (Wildman–Crippen MR) is 83.5 cm³/mol. The van der Waals surface area contributed by atoms with E-state index in [1.807, 2.05) is 48.5 Å². The standard InChI is InChI=1S/C16H18N4O/c21-16(18-13-6-2-1-3-7-13)19-14-9-11-20(12-14)15-8-4-5-10-17-15/h1-8,10,14H,9,11-12H2,(H2,18,19,21). The molecule has 1 aromatic heterocycles. The summed E-state index contributed by atoms with van der Waals surface area (Å²) in [6, 6.07) is 15.3. The van der Waals surface area contributed by atoms with Gasteiger partial charge in [0.2, 0.25) is 0 Å². The maximum absolute atomic E-state index is 12.0. The number of aromatic nitrogens is 1. The first kappa shape index (κ1) is 13.4. The van der Waals surface area contributed by atoms with Crippen molar-refractivity contribution in [2.45, 2.75) is 12.5 Å². The molecule has 5 nitrogen and oxygen atoms in total. The van der Waals surface area contributed by atoms with Crippen molar-refractivity contribution < 1.29 is 4.79 Å². The Balaban J connectivity index is 1.52. The van der Waals surface area contributed by atoms with E-state index in [0.29, 0.717) is 0 Å². The van der Waals surface area contributed by atoms with Crippen molar-refractivity contribution in [2.24, 2.45) is 0 Å². The molecule has 2 aromatic rings. The van der Waals surface area contributed by atoms with E-state index in [2.05, 4.69) is 20.5 Å². The van der Waals surface area contributed by atoms with E-state index in [-0.39, 0.29) is 12.1 Å². The summed E-state index contributed by atoms with van der Waals surface area (Å²) < 4.78 is 0. The minimum atomic E-state index is -0.158. The Morgan fingerprint density at radius 2 is 1.95 bits per heavy atom. The van der Waals surface area contributed by atoms with E-state index >= 15 is 0 Å². The number of anilines is 2. The van der Waals surface area contributed by atoms with E-state index in [0.717, 1.165) is 31.0 Å². The molecule has 21 heavy (non-hydrogen) atoms. The number of amides is 2. The molecule has 1 unspecified atom stereocenters. The lowest BCUT2D eigenvalue weighted by Gasteiger charge is -2.17. The molecule has 1 aromatic carbocycles. The molecule has 1 aliphatic rings. The lowest BCUT2D eigenvalue weighted by molar-refractivity contribution is 0.249. The number of pyridine rings is 1. The van der Waals surface area contributed by atoms with Crippen molar-refractivity contribution in [3.05, 3.63) is 54.7 Å². The van der Waals surface area contributed by atoms with Crippen LogP contribution >= 0.6 is 0 Å². The van der Waals surface area contributed by atoms with Gasteiger partial charge in [0.05, 0.1) is 0 Å². The average molecular weight is 282 g/mol. The highest BCUT2D eigenvalue weighted by atomic mass is 16.2. The van der Waals surface area contributed by atoms with Crippen molar-refractivity contribution in [2.75, 3.05) is 23.3 Å². The van der Waals surface area contributed by atoms with Crippen molar-refractivity contribution in [3.8, 4) is 0 Å². The van der Waals surface area contributed by atoms with Gasteiger partial charge in [0.15, 0.2) is 0 Å². The predicted octanol–water partition coefficient (Wildman–Crippen LogP) is 2.48. The van der Waals surface area contributed by atoms with Crippen LogP contribution in [0.3, 0.4) is 0 Å². The summed E-state index contributed by atoms with van der Waals surface area (Å²) in [5.74, 6) is 0.963. The molecule has 2 heterocycles. The summed E-state index contributed by atoms with van der Waals surface area (Å²) in [6.07, 6.45) is 2.72. The Bertz CT molecular complexity index is 588. The minimum absolute atomic E-state index is 0.149. The fourth-order valence-electron chi connectivity index (χ4n) is 2.50. The smallest absolute Gasteiger partial charge is 0.319 e. The molecule has 0 spiro atoms. The number of carbonyl (C=O) groups is 1. The van der Waals surface area contributed by atoms with Crippen LogP contribution in [-0.4, -0.2) is 30.1 Å². The number of nitrogens with zero attached hydrogens (tertiary/aromatic N) is 2. The van der Waals surface area contributed by atoms with Crippen LogP contribution in [0.15, 0.2) is 54.7 Å². The maximum atomic E-state index is 12.0. The lowest BCUT2D eigenvalue weighted by Crippen LogP contribution is -2.39. The summed E-state index contributed by atoms with van der Waals surface area (Å²) in [5.41, 5.74) is 0.801. The molecular formula is C16H18N4O. The van der Waals surface area contributed by atoms with Gasteiger partial charge in [-0.2, -0.15) is 0 Å². The monoisotopic (exact) mass is 282 g/mol. The summed E-state index contributed by atoms with van der Waals surface area (Å²) >= 11 is 0. The Hall–Kier alpha value is -2.56. The third-order valence-electron chi connectivity index (χ3n) is 3.53. The molecule has 0 aliphatic carbocycles. The number of carbonyl (C=O) groups excluding carboxylic acids is 1. The van der Waals surface area contributed by atoms with Gasteiger partial charge in [-0.1, -0.05) is 24.3 Å². The Morgan fingerprint density at radius 3 is 2.71 bits per heavy atom. The fraction of sp³-hybridized carbons (Fsp3) is 0.250. The summed E-state index contributed by atoms with van der Waals surface area (Å²) in [5, 5.41) is 5.85. The van der Waals surface area contributed by atoms with Crippen molar-refractivity contribution in [1.29, 1.82) is 0 Å². The first-order valence-corrected chi connectivity index (χ1v) is 7.10. The zero-order chi connectivity index (χ0) is 14.5. The summed E-state index contributed by atoms with van der Waals surface area (Å²) in [7, 11) is 0. The van der Waals surface area contributed by atoms with Crippen LogP contribution in [0.4, 0.5) is 16.3 Å². The first-order chi connectivity index (χ1) is 10.3. The van der Waals surface area contributed by atoms with Crippen LogP contribution in [0.25, 0.3) is 0 Å². The second-order valence-corrected chi connectivity index (χ2v) is 5.08. The van der Waals surface area contributed by atoms with Gasteiger partial charge in [-0.05, 0) is 30.7 Å². The molecule has 2 amide bonds. The van der Waals surface area contributed by atoms with Crippen molar-refractivity contribution in [3.63, 3.8) is 0 Å². The first-order valence-electron chi connectivity index (χ1n) is 7.10. The van der Waals surface area contributed by atoms with Gasteiger partial charge in [0.25, 0.3) is 0 Å². The van der Waals surface area contributed by atoms with Crippen LogP contribution < -0.4 is 15.5 Å². The number of hydrogen-bond acceptors (Lipinski definition) is 3. The summed E-state index contributed by atoms with van der Waals surface area (Å²) in [4.78, 5) is 18.5. The molecule has 0 bridgehead atoms. The minimum Gasteiger partial charge on any atom is -0.354 e. The van der Waals surface area contributed by atoms with Gasteiger partial charge in [0, 0.05) is 31.0 Å². The molecule has 0 saturated carbocycles. The number of rotatable bonds is 3. The average Bonchev–Trinajstić information content (AvgIpc) is 2.97. The van der Waals surface area contributed by atoms with E-state index in [1.165, 1.54) is 0 Å². The third-order valence-corrected chi connectivity index (χ3v) is 3.53. The van der Waals surface area contributed by atoms with Crippen molar-refractivity contribution in [1.82, 2.24) is 10.3 Å². The molecule has 1 aliphatic heterocycles. The lowest BCUT2D eigenvalue weighted by atomic mass is 10.3. The molecule has 2 N–H and O–H groups in total. The van der Waals surface area contributed by atoms with E-state index in [1.54, 1.807) is 6.20 Å². The largest absolute Gasteiger partial charge is 0.354 e. The SMILES string of the molecule is O=C(Nc1ccccc1)NC1CCN(c2ccccn2)C1. The second-order valence-electron chi connectivity index (χ2n) is 5.08. The maximum Gasteiger partial charge on any atom is 0.319 e. The highest BCUT2D eigenvalue weighted by Crippen LogP contribution is 2.17.